The first-order valence-corrected chi connectivity index (χ1v) is 7.58. The Kier molecular flexibility index (Phi) is 6.43. The van der Waals surface area contributed by atoms with Gasteiger partial charge in [0.25, 0.3) is 0 Å². The minimum atomic E-state index is -0.598. The summed E-state index contributed by atoms with van der Waals surface area (Å²) in [5, 5.41) is 3.29. The molecule has 5 nitrogen and oxygen atoms in total. The number of nitrogens with zero attached hydrogens (tertiary/aromatic N) is 2. The van der Waals surface area contributed by atoms with Crippen molar-refractivity contribution in [2.45, 2.75) is 51.2 Å². The van der Waals surface area contributed by atoms with E-state index in [1.807, 2.05) is 13.8 Å². The number of ether oxygens (including phenoxy) is 1. The molecule has 3 atom stereocenters. The summed E-state index contributed by atoms with van der Waals surface area (Å²) in [4.78, 5) is 16.8. The van der Waals surface area contributed by atoms with Gasteiger partial charge < -0.3 is 15.0 Å². The minimum absolute atomic E-state index is 0.172. The van der Waals surface area contributed by atoms with Crippen LogP contribution in [0.15, 0.2) is 0 Å². The monoisotopic (exact) mass is 285 g/mol. The number of rotatable bonds is 7. The van der Waals surface area contributed by atoms with Crippen molar-refractivity contribution < 1.29 is 9.53 Å². The van der Waals surface area contributed by atoms with Crippen molar-refractivity contribution in [1.82, 2.24) is 15.1 Å². The Morgan fingerprint density at radius 3 is 2.65 bits per heavy atom. The highest BCUT2D eigenvalue weighted by molar-refractivity contribution is 5.80. The SMILES string of the molecule is CCNC(C)(CC(C)N1CCC(N(C)C)C1)C(=O)OC. The van der Waals surface area contributed by atoms with Crippen LogP contribution in [0.2, 0.25) is 0 Å². The molecule has 1 heterocycles. The molecular formula is C15H31N3O2. The average Bonchev–Trinajstić information content (AvgIpc) is 2.87. The van der Waals surface area contributed by atoms with Gasteiger partial charge in [0.15, 0.2) is 0 Å². The molecule has 118 valence electrons. The van der Waals surface area contributed by atoms with Gasteiger partial charge in [0.05, 0.1) is 7.11 Å². The molecule has 1 fully saturated rings. The highest BCUT2D eigenvalue weighted by atomic mass is 16.5. The molecule has 0 amide bonds. The predicted molar refractivity (Wildman–Crippen MR) is 81.8 cm³/mol. The normalized spacial score (nSPS) is 24.6. The zero-order chi connectivity index (χ0) is 15.3. The van der Waals surface area contributed by atoms with Crippen molar-refractivity contribution in [2.24, 2.45) is 0 Å². The van der Waals surface area contributed by atoms with Crippen LogP contribution < -0.4 is 5.32 Å². The molecule has 5 heteroatoms. The Bertz CT molecular complexity index is 322. The lowest BCUT2D eigenvalue weighted by atomic mass is 9.93. The maximum Gasteiger partial charge on any atom is 0.325 e. The minimum Gasteiger partial charge on any atom is -0.468 e. The molecule has 1 aliphatic rings. The Labute approximate surface area is 123 Å². The zero-order valence-corrected chi connectivity index (χ0v) is 13.9. The maximum absolute atomic E-state index is 12.0. The molecule has 0 spiro atoms. The van der Waals surface area contributed by atoms with E-state index in [1.165, 1.54) is 13.5 Å². The van der Waals surface area contributed by atoms with Crippen LogP contribution in [0.1, 0.15) is 33.6 Å². The van der Waals surface area contributed by atoms with Crippen LogP contribution in [0, 0.1) is 0 Å². The smallest absolute Gasteiger partial charge is 0.325 e. The fourth-order valence-corrected chi connectivity index (χ4v) is 3.15. The van der Waals surface area contributed by atoms with Crippen molar-refractivity contribution in [3.05, 3.63) is 0 Å². The van der Waals surface area contributed by atoms with E-state index in [0.717, 1.165) is 26.1 Å². The highest BCUT2D eigenvalue weighted by Gasteiger charge is 2.38. The molecule has 1 rings (SSSR count). The summed E-state index contributed by atoms with van der Waals surface area (Å²) in [5.74, 6) is -0.172. The summed E-state index contributed by atoms with van der Waals surface area (Å²) in [7, 11) is 5.73. The summed E-state index contributed by atoms with van der Waals surface area (Å²) in [5.41, 5.74) is -0.598. The topological polar surface area (TPSA) is 44.8 Å². The summed E-state index contributed by atoms with van der Waals surface area (Å²) in [6, 6.07) is 0.990. The van der Waals surface area contributed by atoms with Gasteiger partial charge in [-0.3, -0.25) is 9.69 Å². The summed E-state index contributed by atoms with van der Waals surface area (Å²) in [6.07, 6.45) is 1.97. The number of hydrogen-bond donors (Lipinski definition) is 1. The molecule has 0 aromatic heterocycles. The third-order valence-corrected chi connectivity index (χ3v) is 4.45. The van der Waals surface area contributed by atoms with Crippen LogP contribution in [-0.4, -0.2) is 74.2 Å². The van der Waals surface area contributed by atoms with Gasteiger partial charge in [-0.05, 0) is 47.3 Å². The largest absolute Gasteiger partial charge is 0.468 e. The fourth-order valence-electron chi connectivity index (χ4n) is 3.15. The molecule has 20 heavy (non-hydrogen) atoms. The van der Waals surface area contributed by atoms with E-state index < -0.39 is 5.54 Å². The second kappa shape index (κ2) is 7.38. The standard InChI is InChI=1S/C15H31N3O2/c1-7-16-15(3,14(19)20-6)10-12(2)18-9-8-13(11-18)17(4)5/h12-13,16H,7-11H2,1-6H3. The van der Waals surface area contributed by atoms with Crippen molar-refractivity contribution in [3.63, 3.8) is 0 Å². The van der Waals surface area contributed by atoms with E-state index in [-0.39, 0.29) is 5.97 Å². The molecule has 0 saturated carbocycles. The molecule has 1 saturated heterocycles. The van der Waals surface area contributed by atoms with Crippen molar-refractivity contribution in [2.75, 3.05) is 40.8 Å². The van der Waals surface area contributed by atoms with E-state index in [0.29, 0.717) is 12.1 Å². The van der Waals surface area contributed by atoms with Crippen molar-refractivity contribution in [1.29, 1.82) is 0 Å². The first kappa shape index (κ1) is 17.4. The molecule has 0 aliphatic carbocycles. The van der Waals surface area contributed by atoms with Crippen molar-refractivity contribution in [3.8, 4) is 0 Å². The van der Waals surface area contributed by atoms with E-state index in [9.17, 15) is 4.79 Å². The summed E-state index contributed by atoms with van der Waals surface area (Å²) >= 11 is 0. The number of hydrogen-bond acceptors (Lipinski definition) is 5. The molecule has 0 aromatic rings. The third-order valence-electron chi connectivity index (χ3n) is 4.45. The zero-order valence-electron chi connectivity index (χ0n) is 13.9. The second-order valence-corrected chi connectivity index (χ2v) is 6.31. The number of likely N-dealkylation sites (tertiary alicyclic amines) is 1. The number of esters is 1. The first-order chi connectivity index (χ1) is 9.34. The molecule has 1 N–H and O–H groups in total. The molecule has 0 aromatic carbocycles. The van der Waals surface area contributed by atoms with Gasteiger partial charge in [0.2, 0.25) is 0 Å². The third kappa shape index (κ3) is 4.17. The van der Waals surface area contributed by atoms with Gasteiger partial charge in [-0.1, -0.05) is 6.92 Å². The van der Waals surface area contributed by atoms with Gasteiger partial charge in [0, 0.05) is 25.2 Å². The number of carbonyl (C=O) groups excluding carboxylic acids is 1. The van der Waals surface area contributed by atoms with Crippen LogP contribution >= 0.6 is 0 Å². The van der Waals surface area contributed by atoms with E-state index in [4.69, 9.17) is 4.74 Å². The number of methoxy groups -OCH3 is 1. The Morgan fingerprint density at radius 1 is 1.55 bits per heavy atom. The Morgan fingerprint density at radius 2 is 2.20 bits per heavy atom. The number of likely N-dealkylation sites (N-methyl/N-ethyl adjacent to an activating group) is 2. The van der Waals surface area contributed by atoms with Crippen molar-refractivity contribution >= 4 is 5.97 Å². The lowest BCUT2D eigenvalue weighted by molar-refractivity contribution is -0.148. The fraction of sp³-hybridized carbons (Fsp3) is 0.933. The molecule has 1 aliphatic heterocycles. The van der Waals surface area contributed by atoms with E-state index >= 15 is 0 Å². The Balaban J connectivity index is 2.63. The molecular weight excluding hydrogens is 254 g/mol. The van der Waals surface area contributed by atoms with Gasteiger partial charge in [-0.25, -0.2) is 0 Å². The van der Waals surface area contributed by atoms with Gasteiger partial charge in [0.1, 0.15) is 5.54 Å². The van der Waals surface area contributed by atoms with Crippen LogP contribution in [0.3, 0.4) is 0 Å². The maximum atomic E-state index is 12.0. The lowest BCUT2D eigenvalue weighted by Gasteiger charge is -2.34. The van der Waals surface area contributed by atoms with Crippen LogP contribution in [0.5, 0.6) is 0 Å². The molecule has 3 unspecified atom stereocenters. The number of nitrogens with one attached hydrogen (secondary N) is 1. The van der Waals surface area contributed by atoms with Gasteiger partial charge in [-0.15, -0.1) is 0 Å². The predicted octanol–water partition coefficient (Wildman–Crippen LogP) is 0.942. The Hall–Kier alpha value is -0.650. The van der Waals surface area contributed by atoms with E-state index in [2.05, 4.69) is 36.1 Å². The molecule has 0 bridgehead atoms. The summed E-state index contributed by atoms with van der Waals surface area (Å²) < 4.78 is 4.96. The molecule has 0 radical (unpaired) electrons. The van der Waals surface area contributed by atoms with Gasteiger partial charge >= 0.3 is 5.97 Å². The quantitative estimate of drug-likeness (QED) is 0.705. The average molecular weight is 285 g/mol. The first-order valence-electron chi connectivity index (χ1n) is 7.58. The highest BCUT2D eigenvalue weighted by Crippen LogP contribution is 2.22. The van der Waals surface area contributed by atoms with Crippen LogP contribution in [0.25, 0.3) is 0 Å². The van der Waals surface area contributed by atoms with Crippen LogP contribution in [-0.2, 0) is 9.53 Å². The van der Waals surface area contributed by atoms with Gasteiger partial charge in [-0.2, -0.15) is 0 Å². The summed E-state index contributed by atoms with van der Waals surface area (Å²) in [6.45, 7) is 9.11. The lowest BCUT2D eigenvalue weighted by Crippen LogP contribution is -2.54. The number of carbonyl (C=O) groups is 1. The second-order valence-electron chi connectivity index (χ2n) is 6.31. The van der Waals surface area contributed by atoms with E-state index in [1.54, 1.807) is 0 Å². The van der Waals surface area contributed by atoms with Crippen LogP contribution in [0.4, 0.5) is 0 Å².